The van der Waals surface area contributed by atoms with Gasteiger partial charge in [-0.25, -0.2) is 4.98 Å². The zero-order chi connectivity index (χ0) is 17.2. The van der Waals surface area contributed by atoms with E-state index in [1.807, 2.05) is 6.07 Å². The second kappa shape index (κ2) is 6.59. The van der Waals surface area contributed by atoms with Gasteiger partial charge in [-0.1, -0.05) is 20.8 Å². The lowest BCUT2D eigenvalue weighted by atomic mass is 9.92. The van der Waals surface area contributed by atoms with E-state index in [1.54, 1.807) is 18.6 Å². The van der Waals surface area contributed by atoms with Crippen molar-refractivity contribution < 1.29 is 4.79 Å². The fraction of sp³-hybridized carbons (Fsp3) is 0.529. The number of rotatable bonds is 3. The van der Waals surface area contributed by atoms with Crippen molar-refractivity contribution in [2.24, 2.45) is 0 Å². The van der Waals surface area contributed by atoms with Gasteiger partial charge in [0.15, 0.2) is 0 Å². The number of amides is 1. The van der Waals surface area contributed by atoms with Crippen molar-refractivity contribution in [2.45, 2.75) is 45.1 Å². The number of H-pyrrole nitrogens is 1. The number of aromatic amines is 1. The van der Waals surface area contributed by atoms with E-state index in [2.05, 4.69) is 51.2 Å². The molecule has 0 spiro atoms. The van der Waals surface area contributed by atoms with Crippen LogP contribution in [-0.2, 0) is 5.41 Å². The van der Waals surface area contributed by atoms with Crippen LogP contribution in [0.25, 0.3) is 0 Å². The van der Waals surface area contributed by atoms with Crippen LogP contribution in [0.5, 0.6) is 0 Å². The molecule has 0 bridgehead atoms. The van der Waals surface area contributed by atoms with Crippen LogP contribution >= 0.6 is 0 Å². The van der Waals surface area contributed by atoms with Crippen molar-refractivity contribution in [1.82, 2.24) is 25.5 Å². The van der Waals surface area contributed by atoms with Crippen LogP contribution in [0.15, 0.2) is 24.7 Å². The van der Waals surface area contributed by atoms with E-state index in [0.29, 0.717) is 5.69 Å². The largest absolute Gasteiger partial charge is 0.355 e. The van der Waals surface area contributed by atoms with Gasteiger partial charge in [-0.05, 0) is 18.9 Å². The summed E-state index contributed by atoms with van der Waals surface area (Å²) in [6.45, 7) is 7.98. The molecular weight excluding hydrogens is 304 g/mol. The summed E-state index contributed by atoms with van der Waals surface area (Å²) in [5, 5.41) is 10.2. The van der Waals surface area contributed by atoms with Gasteiger partial charge in [-0.2, -0.15) is 5.10 Å². The van der Waals surface area contributed by atoms with Crippen LogP contribution in [0.4, 0.5) is 5.82 Å². The van der Waals surface area contributed by atoms with E-state index in [-0.39, 0.29) is 17.4 Å². The van der Waals surface area contributed by atoms with Crippen molar-refractivity contribution in [1.29, 1.82) is 0 Å². The lowest BCUT2D eigenvalue weighted by molar-refractivity contribution is 0.0926. The summed E-state index contributed by atoms with van der Waals surface area (Å²) in [6, 6.07) is 2.00. The van der Waals surface area contributed by atoms with Crippen molar-refractivity contribution in [2.75, 3.05) is 18.0 Å². The highest BCUT2D eigenvalue weighted by atomic mass is 16.2. The second-order valence-corrected chi connectivity index (χ2v) is 7.22. The monoisotopic (exact) mass is 328 g/mol. The Labute approximate surface area is 141 Å². The minimum Gasteiger partial charge on any atom is -0.355 e. The van der Waals surface area contributed by atoms with Gasteiger partial charge in [0.1, 0.15) is 11.5 Å². The Morgan fingerprint density at radius 2 is 2.04 bits per heavy atom. The van der Waals surface area contributed by atoms with E-state index in [0.717, 1.165) is 37.4 Å². The van der Waals surface area contributed by atoms with Crippen molar-refractivity contribution in [3.8, 4) is 0 Å². The Morgan fingerprint density at radius 1 is 1.29 bits per heavy atom. The van der Waals surface area contributed by atoms with Gasteiger partial charge in [-0.3, -0.25) is 14.9 Å². The lowest BCUT2D eigenvalue weighted by Gasteiger charge is -2.32. The molecule has 2 aromatic rings. The molecule has 7 nitrogen and oxygen atoms in total. The molecule has 1 aliphatic heterocycles. The molecule has 1 saturated heterocycles. The Morgan fingerprint density at radius 3 is 2.62 bits per heavy atom. The number of hydrogen-bond donors (Lipinski definition) is 2. The molecule has 0 radical (unpaired) electrons. The van der Waals surface area contributed by atoms with Gasteiger partial charge in [0, 0.05) is 42.6 Å². The highest BCUT2D eigenvalue weighted by molar-refractivity contribution is 5.92. The maximum absolute atomic E-state index is 12.4. The normalized spacial score (nSPS) is 16.2. The number of carbonyl (C=O) groups is 1. The Balaban J connectivity index is 1.54. The van der Waals surface area contributed by atoms with Gasteiger partial charge < -0.3 is 10.2 Å². The predicted molar refractivity (Wildman–Crippen MR) is 92.0 cm³/mol. The van der Waals surface area contributed by atoms with Crippen LogP contribution in [0.1, 0.15) is 49.8 Å². The van der Waals surface area contributed by atoms with E-state index in [1.165, 1.54) is 0 Å². The van der Waals surface area contributed by atoms with Crippen molar-refractivity contribution >= 4 is 11.7 Å². The van der Waals surface area contributed by atoms with Crippen LogP contribution < -0.4 is 10.2 Å². The number of piperidine rings is 1. The standard InChI is InChI=1S/C17H24N6O/c1-17(2,3)14-10-13(21-22-14)16(24)20-12-4-8-23(9-5-12)15-11-18-6-7-19-15/h6-7,10-12H,4-5,8-9H2,1-3H3,(H,20,24)(H,21,22). The first kappa shape index (κ1) is 16.4. The average Bonchev–Trinajstić information content (AvgIpc) is 3.07. The molecule has 24 heavy (non-hydrogen) atoms. The van der Waals surface area contributed by atoms with Gasteiger partial charge in [0.05, 0.1) is 6.20 Å². The van der Waals surface area contributed by atoms with Gasteiger partial charge in [0.25, 0.3) is 5.91 Å². The molecular formula is C17H24N6O. The number of anilines is 1. The summed E-state index contributed by atoms with van der Waals surface area (Å²) in [5.74, 6) is 0.782. The first-order valence-electron chi connectivity index (χ1n) is 8.31. The molecule has 1 aliphatic rings. The zero-order valence-electron chi connectivity index (χ0n) is 14.4. The van der Waals surface area contributed by atoms with E-state index < -0.39 is 0 Å². The Hall–Kier alpha value is -2.44. The number of nitrogens with zero attached hydrogens (tertiary/aromatic N) is 4. The Bertz CT molecular complexity index is 683. The molecule has 0 aliphatic carbocycles. The smallest absolute Gasteiger partial charge is 0.271 e. The third-order valence-electron chi connectivity index (χ3n) is 4.32. The molecule has 0 aromatic carbocycles. The maximum Gasteiger partial charge on any atom is 0.271 e. The molecule has 0 saturated carbocycles. The molecule has 2 N–H and O–H groups in total. The maximum atomic E-state index is 12.4. The third-order valence-corrected chi connectivity index (χ3v) is 4.32. The minimum atomic E-state index is -0.111. The number of hydrogen-bond acceptors (Lipinski definition) is 5. The molecule has 3 heterocycles. The van der Waals surface area contributed by atoms with Crippen molar-refractivity contribution in [3.05, 3.63) is 36.0 Å². The van der Waals surface area contributed by atoms with E-state index in [4.69, 9.17) is 0 Å². The number of aromatic nitrogens is 4. The molecule has 1 fully saturated rings. The average molecular weight is 328 g/mol. The quantitative estimate of drug-likeness (QED) is 0.898. The second-order valence-electron chi connectivity index (χ2n) is 7.22. The summed E-state index contributed by atoms with van der Waals surface area (Å²) in [7, 11) is 0. The highest BCUT2D eigenvalue weighted by Crippen LogP contribution is 2.21. The topological polar surface area (TPSA) is 86.8 Å². The van der Waals surface area contributed by atoms with Crippen LogP contribution in [0, 0.1) is 0 Å². The SMILES string of the molecule is CC(C)(C)c1cc(C(=O)NC2CCN(c3cnccn3)CC2)n[nH]1. The predicted octanol–water partition coefficient (Wildman–Crippen LogP) is 1.90. The van der Waals surface area contributed by atoms with Crippen molar-refractivity contribution in [3.63, 3.8) is 0 Å². The molecule has 1 amide bonds. The molecule has 3 rings (SSSR count). The summed E-state index contributed by atoms with van der Waals surface area (Å²) in [6.07, 6.45) is 6.92. The molecule has 7 heteroatoms. The molecule has 128 valence electrons. The van der Waals surface area contributed by atoms with Gasteiger partial charge >= 0.3 is 0 Å². The molecule has 0 unspecified atom stereocenters. The molecule has 0 atom stereocenters. The summed E-state index contributed by atoms with van der Waals surface area (Å²) in [5.41, 5.74) is 1.37. The number of carbonyl (C=O) groups excluding carboxylic acids is 1. The van der Waals surface area contributed by atoms with E-state index >= 15 is 0 Å². The Kier molecular flexibility index (Phi) is 4.51. The lowest BCUT2D eigenvalue weighted by Crippen LogP contribution is -2.45. The molecule has 2 aromatic heterocycles. The summed E-state index contributed by atoms with van der Waals surface area (Å²) < 4.78 is 0. The van der Waals surface area contributed by atoms with Crippen LogP contribution in [0.2, 0.25) is 0 Å². The highest BCUT2D eigenvalue weighted by Gasteiger charge is 2.24. The first-order valence-corrected chi connectivity index (χ1v) is 8.31. The number of nitrogens with one attached hydrogen (secondary N) is 2. The fourth-order valence-electron chi connectivity index (χ4n) is 2.79. The third kappa shape index (κ3) is 3.72. The van der Waals surface area contributed by atoms with Crippen LogP contribution in [0.3, 0.4) is 0 Å². The fourth-order valence-corrected chi connectivity index (χ4v) is 2.79. The minimum absolute atomic E-state index is 0.0480. The van der Waals surface area contributed by atoms with E-state index in [9.17, 15) is 4.79 Å². The zero-order valence-corrected chi connectivity index (χ0v) is 14.4. The van der Waals surface area contributed by atoms with Gasteiger partial charge in [0.2, 0.25) is 0 Å². The summed E-state index contributed by atoms with van der Waals surface area (Å²) in [4.78, 5) is 23.0. The first-order chi connectivity index (χ1) is 11.4. The summed E-state index contributed by atoms with van der Waals surface area (Å²) >= 11 is 0. The van der Waals surface area contributed by atoms with Gasteiger partial charge in [-0.15, -0.1) is 0 Å². The van der Waals surface area contributed by atoms with Crippen LogP contribution in [-0.4, -0.2) is 45.2 Å².